The van der Waals surface area contributed by atoms with E-state index in [1.807, 2.05) is 0 Å². The first-order valence-electron chi connectivity index (χ1n) is 7.20. The second-order valence-electron chi connectivity index (χ2n) is 5.00. The van der Waals surface area contributed by atoms with Crippen molar-refractivity contribution in [2.24, 2.45) is 4.36 Å². The van der Waals surface area contributed by atoms with Gasteiger partial charge in [0.05, 0.1) is 28.7 Å². The number of benzene rings is 2. The fourth-order valence-corrected chi connectivity index (χ4v) is 2.68. The molecule has 1 N–H and O–H groups in total. The van der Waals surface area contributed by atoms with E-state index in [9.17, 15) is 13.2 Å². The molecule has 8 nitrogen and oxygen atoms in total. The lowest BCUT2D eigenvalue weighted by molar-refractivity contribution is 0.0601. The lowest BCUT2D eigenvalue weighted by Crippen LogP contribution is -2.04. The third-order valence-electron chi connectivity index (χ3n) is 3.35. The topological polar surface area (TPSA) is 111 Å². The molecule has 0 aliphatic rings. The van der Waals surface area contributed by atoms with Crippen molar-refractivity contribution in [1.29, 1.82) is 0 Å². The number of nitrogens with zero attached hydrogens (tertiary/aromatic N) is 3. The molecule has 0 radical (unpaired) electrons. The van der Waals surface area contributed by atoms with Crippen molar-refractivity contribution in [3.8, 4) is 0 Å². The molecule has 0 bridgehead atoms. The quantitative estimate of drug-likeness (QED) is 0.678. The minimum Gasteiger partial charge on any atom is -0.465 e. The number of carbonyl (C=O) groups is 1. The summed E-state index contributed by atoms with van der Waals surface area (Å²) in [4.78, 5) is 20.3. The van der Waals surface area contributed by atoms with Gasteiger partial charge in [-0.3, -0.25) is 0 Å². The number of nitrogens with one attached hydrogen (secondary N) is 1. The third-order valence-corrected chi connectivity index (χ3v) is 4.00. The molecule has 0 saturated heterocycles. The van der Waals surface area contributed by atoms with Crippen LogP contribution in [0.1, 0.15) is 10.4 Å². The van der Waals surface area contributed by atoms with Gasteiger partial charge in [-0.2, -0.15) is 8.42 Å². The zero-order valence-electron chi connectivity index (χ0n) is 13.3. The molecule has 0 aliphatic heterocycles. The van der Waals surface area contributed by atoms with Gasteiger partial charge in [0, 0.05) is 5.69 Å². The SMILES string of the molecule is COC(=O)c1cc(Nc2nc3ccccc3nc2N=S(=O)=O)ccc1Cl. The Bertz CT molecular complexity index is 1140. The maximum atomic E-state index is 11.8. The van der Waals surface area contributed by atoms with Crippen LogP contribution in [0.5, 0.6) is 0 Å². The van der Waals surface area contributed by atoms with E-state index in [4.69, 9.17) is 11.6 Å². The molecular formula is C16H11ClN4O4S. The Hall–Kier alpha value is -3.04. The molecule has 0 atom stereocenters. The van der Waals surface area contributed by atoms with E-state index in [1.54, 1.807) is 30.3 Å². The monoisotopic (exact) mass is 390 g/mol. The first-order chi connectivity index (χ1) is 12.5. The van der Waals surface area contributed by atoms with Crippen LogP contribution in [0.4, 0.5) is 17.3 Å². The lowest BCUT2D eigenvalue weighted by atomic mass is 10.2. The van der Waals surface area contributed by atoms with Gasteiger partial charge in [-0.1, -0.05) is 23.7 Å². The molecule has 0 spiro atoms. The molecule has 26 heavy (non-hydrogen) atoms. The number of halogens is 1. The minimum absolute atomic E-state index is 0.105. The van der Waals surface area contributed by atoms with Crippen LogP contribution in [0.2, 0.25) is 5.02 Å². The highest BCUT2D eigenvalue weighted by Gasteiger charge is 2.14. The largest absolute Gasteiger partial charge is 0.465 e. The number of ether oxygens (including phenoxy) is 1. The third kappa shape index (κ3) is 3.79. The van der Waals surface area contributed by atoms with E-state index in [0.29, 0.717) is 16.7 Å². The number of esters is 1. The van der Waals surface area contributed by atoms with Crippen LogP contribution in [0.25, 0.3) is 11.0 Å². The number of aromatic nitrogens is 2. The van der Waals surface area contributed by atoms with Crippen LogP contribution in [0, 0.1) is 0 Å². The molecule has 0 fully saturated rings. The van der Waals surface area contributed by atoms with E-state index in [-0.39, 0.29) is 22.2 Å². The van der Waals surface area contributed by atoms with Gasteiger partial charge in [0.25, 0.3) is 0 Å². The molecule has 0 saturated carbocycles. The average Bonchev–Trinajstić information content (AvgIpc) is 2.62. The molecule has 0 aliphatic carbocycles. The van der Waals surface area contributed by atoms with Crippen molar-refractivity contribution < 1.29 is 17.9 Å². The Morgan fingerprint density at radius 3 is 2.50 bits per heavy atom. The number of carbonyl (C=O) groups excluding carboxylic acids is 1. The van der Waals surface area contributed by atoms with Crippen LogP contribution in [0.15, 0.2) is 46.8 Å². The molecule has 0 unspecified atom stereocenters. The van der Waals surface area contributed by atoms with Crippen molar-refractivity contribution in [3.05, 3.63) is 53.1 Å². The van der Waals surface area contributed by atoms with Gasteiger partial charge in [0.2, 0.25) is 5.82 Å². The normalized spacial score (nSPS) is 10.4. The number of rotatable bonds is 4. The van der Waals surface area contributed by atoms with E-state index in [2.05, 4.69) is 24.4 Å². The van der Waals surface area contributed by atoms with Crippen LogP contribution < -0.4 is 5.32 Å². The molecule has 132 valence electrons. The summed E-state index contributed by atoms with van der Waals surface area (Å²) in [6, 6.07) is 11.5. The van der Waals surface area contributed by atoms with Crippen LogP contribution in [-0.2, 0) is 15.2 Å². The maximum absolute atomic E-state index is 11.8. The molecule has 3 rings (SSSR count). The Morgan fingerprint density at radius 1 is 1.15 bits per heavy atom. The van der Waals surface area contributed by atoms with Crippen LogP contribution in [0.3, 0.4) is 0 Å². The first kappa shape index (κ1) is 17.8. The van der Waals surface area contributed by atoms with Gasteiger partial charge >= 0.3 is 16.5 Å². The lowest BCUT2D eigenvalue weighted by Gasteiger charge is -2.10. The molecule has 1 heterocycles. The van der Waals surface area contributed by atoms with Gasteiger partial charge in [-0.25, -0.2) is 14.8 Å². The van der Waals surface area contributed by atoms with Crippen molar-refractivity contribution in [3.63, 3.8) is 0 Å². The van der Waals surface area contributed by atoms with E-state index in [0.717, 1.165) is 0 Å². The smallest absolute Gasteiger partial charge is 0.339 e. The maximum Gasteiger partial charge on any atom is 0.339 e. The number of hydrogen-bond donors (Lipinski definition) is 1. The van der Waals surface area contributed by atoms with Crippen molar-refractivity contribution in [1.82, 2.24) is 9.97 Å². The van der Waals surface area contributed by atoms with Gasteiger partial charge in [-0.05, 0) is 30.3 Å². The molecular weight excluding hydrogens is 380 g/mol. The number of hydrogen-bond acceptors (Lipinski definition) is 8. The van der Waals surface area contributed by atoms with Gasteiger partial charge in [-0.15, -0.1) is 4.36 Å². The Balaban J connectivity index is 2.10. The molecule has 1 aromatic heterocycles. The summed E-state index contributed by atoms with van der Waals surface area (Å²) in [6.45, 7) is 0. The number of fused-ring (bicyclic) bond motifs is 1. The highest BCUT2D eigenvalue weighted by atomic mass is 35.5. The number of anilines is 2. The first-order valence-corrected chi connectivity index (χ1v) is 8.61. The van der Waals surface area contributed by atoms with Gasteiger partial charge in [0.1, 0.15) is 0 Å². The van der Waals surface area contributed by atoms with Gasteiger partial charge in [0.15, 0.2) is 5.82 Å². The zero-order valence-corrected chi connectivity index (χ0v) is 14.9. The Morgan fingerprint density at radius 2 is 1.85 bits per heavy atom. The van der Waals surface area contributed by atoms with E-state index in [1.165, 1.54) is 19.2 Å². The summed E-state index contributed by atoms with van der Waals surface area (Å²) in [6.07, 6.45) is 0. The fraction of sp³-hybridized carbons (Fsp3) is 0.0625. The van der Waals surface area contributed by atoms with Crippen molar-refractivity contribution in [2.45, 2.75) is 0 Å². The van der Waals surface area contributed by atoms with E-state index >= 15 is 0 Å². The number of methoxy groups -OCH3 is 1. The minimum atomic E-state index is -2.71. The summed E-state index contributed by atoms with van der Waals surface area (Å²) in [5.41, 5.74) is 1.63. The molecule has 10 heteroatoms. The summed E-state index contributed by atoms with van der Waals surface area (Å²) in [5, 5.41) is 3.13. The average molecular weight is 391 g/mol. The fourth-order valence-electron chi connectivity index (χ4n) is 2.21. The second kappa shape index (κ2) is 7.46. The van der Waals surface area contributed by atoms with Gasteiger partial charge < -0.3 is 10.1 Å². The zero-order chi connectivity index (χ0) is 18.7. The summed E-state index contributed by atoms with van der Waals surface area (Å²) in [5.74, 6) is -0.591. The summed E-state index contributed by atoms with van der Waals surface area (Å²) in [7, 11) is -1.46. The van der Waals surface area contributed by atoms with Crippen LogP contribution in [-0.4, -0.2) is 31.5 Å². The summed E-state index contributed by atoms with van der Waals surface area (Å²) >= 11 is 5.99. The molecule has 3 aromatic rings. The molecule has 0 amide bonds. The highest BCUT2D eigenvalue weighted by Crippen LogP contribution is 2.29. The van der Waals surface area contributed by atoms with Crippen LogP contribution >= 0.6 is 11.6 Å². The standard InChI is InChI=1S/C16H11ClN4O4S/c1-25-16(22)10-8-9(6-7-11(10)17)18-14-15(21-26(23)24)20-13-5-3-2-4-12(13)19-14/h2-8H,1H3,(H,18,19). The van der Waals surface area contributed by atoms with Crippen molar-refractivity contribution >= 4 is 56.4 Å². The van der Waals surface area contributed by atoms with Crippen molar-refractivity contribution in [2.75, 3.05) is 12.4 Å². The van der Waals surface area contributed by atoms with E-state index < -0.39 is 16.5 Å². The summed E-state index contributed by atoms with van der Waals surface area (Å²) < 4.78 is 30.1. The Labute approximate surface area is 154 Å². The predicted molar refractivity (Wildman–Crippen MR) is 96.6 cm³/mol. The number of para-hydroxylation sites is 2. The highest BCUT2D eigenvalue weighted by molar-refractivity contribution is 7.61. The predicted octanol–water partition coefficient (Wildman–Crippen LogP) is 3.51. The molecule has 2 aromatic carbocycles. The second-order valence-corrected chi connectivity index (χ2v) is 6.03. The Kier molecular flexibility index (Phi) is 5.10.